The number of aryl methyl sites for hydroxylation is 2. The van der Waals surface area contributed by atoms with Crippen molar-refractivity contribution < 1.29 is 32.7 Å². The molecule has 1 saturated carbocycles. The lowest BCUT2D eigenvalue weighted by Crippen LogP contribution is -2.61. The van der Waals surface area contributed by atoms with Crippen molar-refractivity contribution >= 4 is 51.8 Å². The highest BCUT2D eigenvalue weighted by molar-refractivity contribution is 6.08. The Morgan fingerprint density at radius 3 is 2.56 bits per heavy atom. The van der Waals surface area contributed by atoms with Crippen LogP contribution in [-0.2, 0) is 32.6 Å². The topological polar surface area (TPSA) is 186 Å². The van der Waals surface area contributed by atoms with Crippen LogP contribution in [0.2, 0.25) is 0 Å². The van der Waals surface area contributed by atoms with Gasteiger partial charge in [-0.25, -0.2) is 23.1 Å². The van der Waals surface area contributed by atoms with E-state index in [1.54, 1.807) is 24.1 Å². The molecule has 1 unspecified atom stereocenters. The molecule has 2 N–H and O–H groups in total. The number of aromatic nitrogens is 7. The summed E-state index contributed by atoms with van der Waals surface area (Å²) in [6, 6.07) is 6.87. The lowest BCUT2D eigenvalue weighted by Gasteiger charge is -2.55. The molecule has 9 heterocycles. The molecule has 2 bridgehead atoms. The maximum Gasteiger partial charge on any atom is 0.329 e. The summed E-state index contributed by atoms with van der Waals surface area (Å²) in [7, 11) is 1.68. The molecule has 5 aromatic rings. The van der Waals surface area contributed by atoms with Crippen LogP contribution < -0.4 is 21.2 Å². The van der Waals surface area contributed by atoms with Gasteiger partial charge in [0, 0.05) is 71.6 Å². The van der Waals surface area contributed by atoms with E-state index in [-0.39, 0.29) is 65.2 Å². The van der Waals surface area contributed by atoms with Crippen LogP contribution in [0.3, 0.4) is 0 Å². The predicted molar refractivity (Wildman–Crippen MR) is 236 cm³/mol. The Morgan fingerprint density at radius 1 is 1.03 bits per heavy atom. The van der Waals surface area contributed by atoms with Crippen molar-refractivity contribution in [3.05, 3.63) is 70.2 Å². The average Bonchev–Trinajstić information content (AvgIpc) is 4.16. The monoisotopic (exact) mass is 908 g/mol. The standard InChI is InChI=1S/C46H54F2N12O6/c1-54-40-28(3-2-4-34(40)60(45(54)65)35-10-11-37(61)52-44(35)64)7-12-38(62)56-17-14-46(15-18-56)25-55(26-46)21-27-5-8-29(9-6-27)59-23-33(39(53-59)41(47)48)50-43(63)32-20-49-58-16-13-36(51-42(32)58)57-22-31-19-30(57)24-66-31/h2-4,13,16,20,23,27,29-31,35,41H,5-12,14-15,17-19,21-22,24-26H2,1H3,(H,50,63)(H,52,61,64)/t27?,29?,30-,31-,35?/m1/s1. The molecular formula is C46H54F2N12O6. The number of para-hydroxylation sites is 1. The van der Waals surface area contributed by atoms with E-state index in [0.29, 0.717) is 55.1 Å². The number of nitrogens with zero attached hydrogens (tertiary/aromatic N) is 10. The van der Waals surface area contributed by atoms with Crippen molar-refractivity contribution in [2.24, 2.45) is 18.4 Å². The van der Waals surface area contributed by atoms with Crippen molar-refractivity contribution in [1.82, 2.24) is 48.6 Å². The van der Waals surface area contributed by atoms with Crippen LogP contribution in [0.1, 0.15) is 104 Å². The third-order valence-electron chi connectivity index (χ3n) is 15.3. The maximum atomic E-state index is 14.3. The molecule has 4 aromatic heterocycles. The number of imide groups is 1. The molecule has 4 amide bonds. The number of alkyl halides is 2. The highest BCUT2D eigenvalue weighted by Crippen LogP contribution is 2.43. The van der Waals surface area contributed by atoms with Crippen molar-refractivity contribution in [2.75, 3.05) is 56.1 Å². The smallest absolute Gasteiger partial charge is 0.329 e. The Kier molecular flexibility index (Phi) is 10.8. The fourth-order valence-corrected chi connectivity index (χ4v) is 11.8. The van der Waals surface area contributed by atoms with Crippen LogP contribution in [0, 0.1) is 11.3 Å². The number of nitrogens with one attached hydrogen (secondary N) is 2. The van der Waals surface area contributed by atoms with Crippen LogP contribution in [0.5, 0.6) is 0 Å². The zero-order valence-electron chi connectivity index (χ0n) is 36.9. The van der Waals surface area contributed by atoms with Gasteiger partial charge in [-0.2, -0.15) is 10.2 Å². The number of benzene rings is 1. The fourth-order valence-electron chi connectivity index (χ4n) is 11.8. The van der Waals surface area contributed by atoms with Crippen molar-refractivity contribution in [1.29, 1.82) is 0 Å². The van der Waals surface area contributed by atoms with Crippen molar-refractivity contribution in [2.45, 2.75) is 101 Å². The molecule has 6 fully saturated rings. The van der Waals surface area contributed by atoms with Crippen LogP contribution in [0.15, 0.2) is 47.7 Å². The fraction of sp³-hybridized carbons (Fsp3) is 0.565. The summed E-state index contributed by atoms with van der Waals surface area (Å²) in [6.07, 6.45) is 9.58. The second-order valence-electron chi connectivity index (χ2n) is 19.5. The van der Waals surface area contributed by atoms with Gasteiger partial charge in [0.1, 0.15) is 17.4 Å². The lowest BCUT2D eigenvalue weighted by atomic mass is 9.71. The molecule has 6 aliphatic rings. The van der Waals surface area contributed by atoms with Gasteiger partial charge in [-0.3, -0.25) is 38.3 Å². The largest absolute Gasteiger partial charge is 0.374 e. The van der Waals surface area contributed by atoms with Crippen LogP contribution in [-0.4, -0.2) is 125 Å². The quantitative estimate of drug-likeness (QED) is 0.183. The minimum atomic E-state index is -2.87. The van der Waals surface area contributed by atoms with E-state index in [1.807, 2.05) is 29.2 Å². The van der Waals surface area contributed by atoms with Gasteiger partial charge < -0.3 is 24.8 Å². The van der Waals surface area contributed by atoms with Gasteiger partial charge in [0.25, 0.3) is 12.3 Å². The zero-order chi connectivity index (χ0) is 45.4. The summed E-state index contributed by atoms with van der Waals surface area (Å²) >= 11 is 0. The SMILES string of the molecule is Cn1c(=O)n(C2CCC(=O)NC2=O)c2cccc(CCC(=O)N3CCC4(CC3)CN(CC3CCC(n5cc(NC(=O)c6cnn7ccc(N8C[C@H]9C[C@@H]8CO9)nc67)c(C(F)F)n5)CC3)C4)c21. The molecule has 348 valence electrons. The van der Waals surface area contributed by atoms with E-state index in [2.05, 4.69) is 30.6 Å². The number of rotatable bonds is 11. The first-order chi connectivity index (χ1) is 31.9. The summed E-state index contributed by atoms with van der Waals surface area (Å²) in [4.78, 5) is 76.2. The molecular weight excluding hydrogens is 855 g/mol. The summed E-state index contributed by atoms with van der Waals surface area (Å²) < 4.78 is 40.5. The molecule has 11 rings (SSSR count). The zero-order valence-corrected chi connectivity index (χ0v) is 36.9. The first-order valence-electron chi connectivity index (χ1n) is 23.3. The van der Waals surface area contributed by atoms with E-state index in [1.165, 1.54) is 19.8 Å². The first-order valence-corrected chi connectivity index (χ1v) is 23.3. The van der Waals surface area contributed by atoms with Crippen LogP contribution in [0.4, 0.5) is 20.3 Å². The predicted octanol–water partition coefficient (Wildman–Crippen LogP) is 4.01. The molecule has 18 nitrogen and oxygen atoms in total. The van der Waals surface area contributed by atoms with Crippen molar-refractivity contribution in [3.63, 3.8) is 0 Å². The Hall–Kier alpha value is -6.02. The Labute approximate surface area is 378 Å². The number of likely N-dealkylation sites (tertiary alicyclic amines) is 2. The molecule has 5 saturated heterocycles. The summed E-state index contributed by atoms with van der Waals surface area (Å²) in [5.41, 5.74) is 2.16. The number of morpholine rings is 1. The summed E-state index contributed by atoms with van der Waals surface area (Å²) in [6.45, 7) is 5.80. The molecule has 66 heavy (non-hydrogen) atoms. The number of carbonyl (C=O) groups excluding carboxylic acids is 4. The van der Waals surface area contributed by atoms with Gasteiger partial charge >= 0.3 is 5.69 Å². The molecule has 20 heteroatoms. The summed E-state index contributed by atoms with van der Waals surface area (Å²) in [5, 5.41) is 13.6. The average molecular weight is 909 g/mol. The first kappa shape index (κ1) is 42.6. The number of piperidine rings is 2. The molecule has 3 atom stereocenters. The second kappa shape index (κ2) is 16.7. The number of imidazole rings is 1. The van der Waals surface area contributed by atoms with Gasteiger partial charge in [0.05, 0.1) is 47.7 Å². The summed E-state index contributed by atoms with van der Waals surface area (Å²) in [5.74, 6) is -0.0725. The lowest BCUT2D eigenvalue weighted by molar-refractivity contribution is -0.137. The number of ether oxygens (including phenoxy) is 1. The molecule has 5 aliphatic heterocycles. The third-order valence-corrected chi connectivity index (χ3v) is 15.3. The Balaban J connectivity index is 0.648. The highest BCUT2D eigenvalue weighted by Gasteiger charge is 2.46. The third kappa shape index (κ3) is 7.64. The number of amides is 4. The number of hydrogen-bond acceptors (Lipinski definition) is 11. The van der Waals surface area contributed by atoms with Gasteiger partial charge in [0.15, 0.2) is 11.3 Å². The van der Waals surface area contributed by atoms with Gasteiger partial charge in [-0.15, -0.1) is 0 Å². The highest BCUT2D eigenvalue weighted by atomic mass is 19.3. The normalized spacial score (nSPS) is 25.4. The number of anilines is 2. The number of halogens is 2. The Morgan fingerprint density at radius 2 is 1.83 bits per heavy atom. The van der Waals surface area contributed by atoms with Gasteiger partial charge in [-0.05, 0) is 86.8 Å². The van der Waals surface area contributed by atoms with E-state index >= 15 is 0 Å². The van der Waals surface area contributed by atoms with Crippen LogP contribution >= 0.6 is 0 Å². The number of hydrogen-bond donors (Lipinski definition) is 2. The van der Waals surface area contributed by atoms with E-state index in [4.69, 9.17) is 9.72 Å². The molecule has 0 radical (unpaired) electrons. The Bertz CT molecular complexity index is 2790. The number of fused-ring (bicyclic) bond motifs is 4. The number of carbonyl (C=O) groups is 4. The molecule has 1 aromatic carbocycles. The minimum absolute atomic E-state index is 0.00905. The van der Waals surface area contributed by atoms with Gasteiger partial charge in [0.2, 0.25) is 17.7 Å². The van der Waals surface area contributed by atoms with E-state index in [9.17, 15) is 32.8 Å². The van der Waals surface area contributed by atoms with Crippen LogP contribution in [0.25, 0.3) is 16.7 Å². The van der Waals surface area contributed by atoms with Gasteiger partial charge in [-0.1, -0.05) is 12.1 Å². The molecule has 1 spiro atoms. The van der Waals surface area contributed by atoms with E-state index in [0.717, 1.165) is 82.5 Å². The maximum absolute atomic E-state index is 14.3. The second-order valence-corrected chi connectivity index (χ2v) is 19.5. The van der Waals surface area contributed by atoms with Crippen molar-refractivity contribution in [3.8, 4) is 0 Å². The molecule has 1 aliphatic carbocycles. The van der Waals surface area contributed by atoms with E-state index < -0.39 is 30.0 Å². The minimum Gasteiger partial charge on any atom is -0.374 e.